The Morgan fingerprint density at radius 2 is 2.00 bits per heavy atom. The van der Waals surface area contributed by atoms with Crippen LogP contribution >= 0.6 is 0 Å². The van der Waals surface area contributed by atoms with Gasteiger partial charge in [0.25, 0.3) is 0 Å². The van der Waals surface area contributed by atoms with Crippen molar-refractivity contribution < 1.29 is 9.47 Å². The standard InChI is InChI=1S/C26H26N6O2/c1-17-24(19-14-18-4-3-5-21(18)28-16-19)30-25(26-27-8-9-32(17)26)29-20-6-7-22(23(15-20)33-2)31-10-12-34-13-11-31/h3,5-9,14-16H,4,10-13H2,1-2H3,(H,29,30). The van der Waals surface area contributed by atoms with Crippen LogP contribution in [-0.2, 0) is 11.2 Å². The Morgan fingerprint density at radius 1 is 1.12 bits per heavy atom. The lowest BCUT2D eigenvalue weighted by Gasteiger charge is -2.30. The highest BCUT2D eigenvalue weighted by atomic mass is 16.5. The van der Waals surface area contributed by atoms with E-state index in [9.17, 15) is 0 Å². The number of fused-ring (bicyclic) bond motifs is 2. The average Bonchev–Trinajstić information content (AvgIpc) is 3.56. The van der Waals surface area contributed by atoms with Crippen molar-refractivity contribution in [3.05, 3.63) is 65.9 Å². The number of nitrogens with zero attached hydrogens (tertiary/aromatic N) is 5. The molecule has 0 amide bonds. The topological polar surface area (TPSA) is 76.8 Å². The van der Waals surface area contributed by atoms with E-state index in [0.29, 0.717) is 5.82 Å². The van der Waals surface area contributed by atoms with Crippen LogP contribution in [0, 0.1) is 6.92 Å². The number of ether oxygens (including phenoxy) is 2. The van der Waals surface area contributed by atoms with Crippen LogP contribution in [0.5, 0.6) is 5.75 Å². The Hall–Kier alpha value is -3.91. The molecule has 1 saturated heterocycles. The zero-order chi connectivity index (χ0) is 23.1. The van der Waals surface area contributed by atoms with Crippen molar-refractivity contribution >= 4 is 28.9 Å². The number of imidazole rings is 1. The summed E-state index contributed by atoms with van der Waals surface area (Å²) in [6.07, 6.45) is 10.8. The summed E-state index contributed by atoms with van der Waals surface area (Å²) < 4.78 is 13.3. The first-order valence-corrected chi connectivity index (χ1v) is 11.5. The number of anilines is 3. The lowest BCUT2D eigenvalue weighted by atomic mass is 10.1. The van der Waals surface area contributed by atoms with Crippen LogP contribution in [0.2, 0.25) is 0 Å². The van der Waals surface area contributed by atoms with Gasteiger partial charge < -0.3 is 19.7 Å². The molecule has 0 radical (unpaired) electrons. The average molecular weight is 455 g/mol. The second kappa shape index (κ2) is 8.46. The van der Waals surface area contributed by atoms with E-state index in [-0.39, 0.29) is 0 Å². The molecule has 0 spiro atoms. The molecule has 2 aliphatic rings. The Labute approximate surface area is 197 Å². The molecule has 1 N–H and O–H groups in total. The van der Waals surface area contributed by atoms with E-state index in [4.69, 9.17) is 14.5 Å². The molecule has 1 fully saturated rings. The third kappa shape index (κ3) is 3.56. The number of benzene rings is 1. The van der Waals surface area contributed by atoms with Crippen LogP contribution < -0.4 is 15.0 Å². The highest BCUT2D eigenvalue weighted by Crippen LogP contribution is 2.34. The molecule has 8 nitrogen and oxygen atoms in total. The number of hydrogen-bond acceptors (Lipinski definition) is 7. The normalized spacial score (nSPS) is 15.1. The molecule has 4 aromatic rings. The van der Waals surface area contributed by atoms with Gasteiger partial charge in [0.2, 0.25) is 0 Å². The summed E-state index contributed by atoms with van der Waals surface area (Å²) in [5, 5.41) is 3.48. The molecule has 8 heteroatoms. The van der Waals surface area contributed by atoms with Gasteiger partial charge in [0, 0.05) is 54.7 Å². The first kappa shape index (κ1) is 20.7. The highest BCUT2D eigenvalue weighted by Gasteiger charge is 2.19. The zero-order valence-corrected chi connectivity index (χ0v) is 19.3. The summed E-state index contributed by atoms with van der Waals surface area (Å²) in [5.74, 6) is 1.50. The minimum Gasteiger partial charge on any atom is -0.495 e. The van der Waals surface area contributed by atoms with Gasteiger partial charge >= 0.3 is 0 Å². The number of allylic oxidation sites excluding steroid dienone is 1. The van der Waals surface area contributed by atoms with Crippen molar-refractivity contribution in [3.63, 3.8) is 0 Å². The fraction of sp³-hybridized carbons (Fsp3) is 0.269. The van der Waals surface area contributed by atoms with E-state index in [0.717, 1.165) is 78.1 Å². The SMILES string of the molecule is COc1cc(Nc2nc(-c3cnc4c(c3)CC=C4)c(C)n3ccnc23)ccc1N1CCOCC1. The number of pyridine rings is 1. The van der Waals surface area contributed by atoms with Gasteiger partial charge in [0.1, 0.15) is 5.75 Å². The number of nitrogens with one attached hydrogen (secondary N) is 1. The fourth-order valence-electron chi connectivity index (χ4n) is 4.68. The first-order chi connectivity index (χ1) is 16.7. The number of aryl methyl sites for hydroxylation is 1. The molecule has 1 aliphatic carbocycles. The first-order valence-electron chi connectivity index (χ1n) is 11.5. The van der Waals surface area contributed by atoms with Crippen LogP contribution in [-0.4, -0.2) is 52.8 Å². The summed E-state index contributed by atoms with van der Waals surface area (Å²) >= 11 is 0. The maximum Gasteiger partial charge on any atom is 0.180 e. The number of aromatic nitrogens is 4. The van der Waals surface area contributed by atoms with Crippen LogP contribution in [0.4, 0.5) is 17.2 Å². The van der Waals surface area contributed by atoms with Crippen molar-refractivity contribution in [1.82, 2.24) is 19.4 Å². The van der Waals surface area contributed by atoms with Crippen molar-refractivity contribution in [1.29, 1.82) is 0 Å². The van der Waals surface area contributed by atoms with E-state index >= 15 is 0 Å². The number of hydrogen-bond donors (Lipinski definition) is 1. The molecular formula is C26H26N6O2. The van der Waals surface area contributed by atoms with Crippen LogP contribution in [0.25, 0.3) is 23.0 Å². The fourth-order valence-corrected chi connectivity index (χ4v) is 4.68. The quantitative estimate of drug-likeness (QED) is 0.483. The predicted molar refractivity (Wildman–Crippen MR) is 133 cm³/mol. The Kier molecular flexibility index (Phi) is 5.15. The molecular weight excluding hydrogens is 428 g/mol. The van der Waals surface area contributed by atoms with Crippen LogP contribution in [0.15, 0.2) is 48.9 Å². The molecule has 6 rings (SSSR count). The lowest BCUT2D eigenvalue weighted by molar-refractivity contribution is 0.122. The van der Waals surface area contributed by atoms with Crippen molar-refractivity contribution in [2.24, 2.45) is 0 Å². The van der Waals surface area contributed by atoms with Crippen molar-refractivity contribution in [2.75, 3.05) is 43.6 Å². The summed E-state index contributed by atoms with van der Waals surface area (Å²) in [6.45, 7) is 5.22. The summed E-state index contributed by atoms with van der Waals surface area (Å²) in [6, 6.07) is 8.33. The maximum atomic E-state index is 5.73. The Bertz CT molecular complexity index is 1400. The predicted octanol–water partition coefficient (Wildman–Crippen LogP) is 4.26. The van der Waals surface area contributed by atoms with E-state index in [1.807, 2.05) is 18.5 Å². The van der Waals surface area contributed by atoms with Gasteiger partial charge in [-0.25, -0.2) is 9.97 Å². The molecule has 0 bridgehead atoms. The summed E-state index contributed by atoms with van der Waals surface area (Å²) in [4.78, 5) is 16.5. The second-order valence-electron chi connectivity index (χ2n) is 8.50. The summed E-state index contributed by atoms with van der Waals surface area (Å²) in [5.41, 5.74) is 7.89. The smallest absolute Gasteiger partial charge is 0.180 e. The Balaban J connectivity index is 1.38. The second-order valence-corrected chi connectivity index (χ2v) is 8.50. The van der Waals surface area contributed by atoms with Gasteiger partial charge in [-0.2, -0.15) is 0 Å². The third-order valence-electron chi connectivity index (χ3n) is 6.46. The molecule has 172 valence electrons. The molecule has 34 heavy (non-hydrogen) atoms. The largest absolute Gasteiger partial charge is 0.495 e. The minimum absolute atomic E-state index is 0.686. The molecule has 0 atom stereocenters. The molecule has 0 saturated carbocycles. The molecule has 0 unspecified atom stereocenters. The number of methoxy groups -OCH3 is 1. The molecule has 1 aromatic carbocycles. The van der Waals surface area contributed by atoms with Gasteiger partial charge in [-0.15, -0.1) is 0 Å². The van der Waals surface area contributed by atoms with Gasteiger partial charge in [-0.1, -0.05) is 6.08 Å². The van der Waals surface area contributed by atoms with Gasteiger partial charge in [0.15, 0.2) is 11.5 Å². The van der Waals surface area contributed by atoms with Crippen LogP contribution in [0.3, 0.4) is 0 Å². The lowest BCUT2D eigenvalue weighted by Crippen LogP contribution is -2.36. The van der Waals surface area contributed by atoms with E-state index < -0.39 is 0 Å². The highest BCUT2D eigenvalue weighted by molar-refractivity contribution is 5.77. The van der Waals surface area contributed by atoms with Crippen LogP contribution in [0.1, 0.15) is 17.0 Å². The van der Waals surface area contributed by atoms with E-state index in [2.05, 4.69) is 61.9 Å². The summed E-state index contributed by atoms with van der Waals surface area (Å²) in [7, 11) is 1.70. The monoisotopic (exact) mass is 454 g/mol. The minimum atomic E-state index is 0.686. The van der Waals surface area contributed by atoms with E-state index in [1.54, 1.807) is 13.3 Å². The Morgan fingerprint density at radius 3 is 2.85 bits per heavy atom. The van der Waals surface area contributed by atoms with Gasteiger partial charge in [-0.05, 0) is 43.2 Å². The van der Waals surface area contributed by atoms with Crippen molar-refractivity contribution in [3.8, 4) is 17.0 Å². The third-order valence-corrected chi connectivity index (χ3v) is 6.46. The van der Waals surface area contributed by atoms with Gasteiger partial charge in [-0.3, -0.25) is 9.38 Å². The maximum absolute atomic E-state index is 5.73. The molecule has 4 heterocycles. The molecule has 1 aliphatic heterocycles. The zero-order valence-electron chi connectivity index (χ0n) is 19.3. The molecule has 3 aromatic heterocycles. The van der Waals surface area contributed by atoms with Crippen molar-refractivity contribution in [2.45, 2.75) is 13.3 Å². The number of morpholine rings is 1. The van der Waals surface area contributed by atoms with Gasteiger partial charge in [0.05, 0.1) is 37.4 Å². The number of rotatable bonds is 5. The van der Waals surface area contributed by atoms with E-state index in [1.165, 1.54) is 5.56 Å².